The van der Waals surface area contributed by atoms with E-state index < -0.39 is 0 Å². The third-order valence-electron chi connectivity index (χ3n) is 3.07. The highest BCUT2D eigenvalue weighted by Gasteiger charge is 2.09. The SMILES string of the molecule is O=C(CCNC(=O)c1ccsc1)Nc1nc2ccccc2[nH]1. The van der Waals surface area contributed by atoms with Crippen LogP contribution in [0.2, 0.25) is 0 Å². The Kier molecular flexibility index (Phi) is 4.15. The highest BCUT2D eigenvalue weighted by Crippen LogP contribution is 2.13. The molecule has 3 rings (SSSR count). The van der Waals surface area contributed by atoms with Crippen molar-refractivity contribution >= 4 is 40.1 Å². The Labute approximate surface area is 130 Å². The van der Waals surface area contributed by atoms with Crippen LogP contribution in [0.3, 0.4) is 0 Å². The molecule has 0 spiro atoms. The van der Waals surface area contributed by atoms with Crippen LogP contribution < -0.4 is 10.6 Å². The average Bonchev–Trinajstić information content (AvgIpc) is 3.15. The molecule has 0 aliphatic carbocycles. The van der Waals surface area contributed by atoms with Gasteiger partial charge < -0.3 is 10.3 Å². The highest BCUT2D eigenvalue weighted by molar-refractivity contribution is 7.08. The van der Waals surface area contributed by atoms with Gasteiger partial charge in [0, 0.05) is 23.9 Å². The number of aromatic nitrogens is 2. The van der Waals surface area contributed by atoms with Gasteiger partial charge in [0.1, 0.15) is 0 Å². The van der Waals surface area contributed by atoms with E-state index in [1.807, 2.05) is 29.6 Å². The minimum Gasteiger partial charge on any atom is -0.351 e. The van der Waals surface area contributed by atoms with Gasteiger partial charge in [-0.25, -0.2) is 4.98 Å². The maximum Gasteiger partial charge on any atom is 0.252 e. The summed E-state index contributed by atoms with van der Waals surface area (Å²) < 4.78 is 0. The predicted molar refractivity (Wildman–Crippen MR) is 86.0 cm³/mol. The molecule has 0 atom stereocenters. The Bertz CT molecular complexity index is 762. The second-order valence-electron chi connectivity index (χ2n) is 4.67. The van der Waals surface area contributed by atoms with E-state index in [2.05, 4.69) is 20.6 Å². The van der Waals surface area contributed by atoms with Crippen molar-refractivity contribution in [3.8, 4) is 0 Å². The van der Waals surface area contributed by atoms with Crippen molar-refractivity contribution in [3.05, 3.63) is 46.7 Å². The molecule has 0 saturated heterocycles. The molecule has 112 valence electrons. The van der Waals surface area contributed by atoms with Crippen LogP contribution in [-0.4, -0.2) is 28.3 Å². The summed E-state index contributed by atoms with van der Waals surface area (Å²) in [5.74, 6) is 0.0397. The molecule has 3 N–H and O–H groups in total. The summed E-state index contributed by atoms with van der Waals surface area (Å²) in [5.41, 5.74) is 2.27. The lowest BCUT2D eigenvalue weighted by Crippen LogP contribution is -2.27. The lowest BCUT2D eigenvalue weighted by molar-refractivity contribution is -0.116. The van der Waals surface area contributed by atoms with Crippen LogP contribution in [0, 0.1) is 0 Å². The van der Waals surface area contributed by atoms with Gasteiger partial charge in [-0.1, -0.05) is 12.1 Å². The number of hydrogen-bond acceptors (Lipinski definition) is 4. The number of nitrogens with one attached hydrogen (secondary N) is 3. The van der Waals surface area contributed by atoms with Crippen molar-refractivity contribution in [2.45, 2.75) is 6.42 Å². The first kappa shape index (κ1) is 14.3. The van der Waals surface area contributed by atoms with Crippen molar-refractivity contribution in [2.24, 2.45) is 0 Å². The molecule has 1 aromatic carbocycles. The quantitative estimate of drug-likeness (QED) is 0.676. The van der Waals surface area contributed by atoms with E-state index in [1.54, 1.807) is 11.4 Å². The third-order valence-corrected chi connectivity index (χ3v) is 3.75. The van der Waals surface area contributed by atoms with E-state index >= 15 is 0 Å². The molecule has 3 aromatic rings. The van der Waals surface area contributed by atoms with E-state index in [1.165, 1.54) is 11.3 Å². The van der Waals surface area contributed by atoms with Crippen molar-refractivity contribution in [1.82, 2.24) is 15.3 Å². The number of carbonyl (C=O) groups excluding carboxylic acids is 2. The molecule has 22 heavy (non-hydrogen) atoms. The molecule has 0 radical (unpaired) electrons. The van der Waals surface area contributed by atoms with Gasteiger partial charge in [0.05, 0.1) is 11.0 Å². The molecule has 0 unspecified atom stereocenters. The van der Waals surface area contributed by atoms with Gasteiger partial charge in [0.15, 0.2) is 0 Å². The summed E-state index contributed by atoms with van der Waals surface area (Å²) in [7, 11) is 0. The number of nitrogens with zero attached hydrogens (tertiary/aromatic N) is 1. The molecule has 0 aliphatic heterocycles. The zero-order valence-corrected chi connectivity index (χ0v) is 12.4. The molecule has 2 heterocycles. The number of aromatic amines is 1. The van der Waals surface area contributed by atoms with Gasteiger partial charge in [0.2, 0.25) is 11.9 Å². The van der Waals surface area contributed by atoms with Crippen LogP contribution in [0.15, 0.2) is 41.1 Å². The van der Waals surface area contributed by atoms with E-state index in [0.29, 0.717) is 11.5 Å². The van der Waals surface area contributed by atoms with Gasteiger partial charge in [-0.2, -0.15) is 11.3 Å². The number of amides is 2. The van der Waals surface area contributed by atoms with Crippen molar-refractivity contribution in [3.63, 3.8) is 0 Å². The molecule has 0 bridgehead atoms. The minimum absolute atomic E-state index is 0.169. The van der Waals surface area contributed by atoms with E-state index in [4.69, 9.17) is 0 Å². The highest BCUT2D eigenvalue weighted by atomic mass is 32.1. The first-order valence-corrected chi connectivity index (χ1v) is 7.71. The maximum atomic E-state index is 11.8. The maximum absolute atomic E-state index is 11.8. The first-order chi connectivity index (χ1) is 10.7. The molecule has 2 aromatic heterocycles. The molecule has 7 heteroatoms. The number of para-hydroxylation sites is 2. The summed E-state index contributed by atoms with van der Waals surface area (Å²) in [4.78, 5) is 30.8. The van der Waals surface area contributed by atoms with E-state index in [-0.39, 0.29) is 24.8 Å². The van der Waals surface area contributed by atoms with Crippen LogP contribution in [-0.2, 0) is 4.79 Å². The van der Waals surface area contributed by atoms with Crippen LogP contribution in [0.1, 0.15) is 16.8 Å². The Morgan fingerprint density at radius 2 is 2.09 bits per heavy atom. The fraction of sp³-hybridized carbons (Fsp3) is 0.133. The second kappa shape index (κ2) is 6.40. The van der Waals surface area contributed by atoms with Crippen LogP contribution >= 0.6 is 11.3 Å². The Hall–Kier alpha value is -2.67. The van der Waals surface area contributed by atoms with Crippen LogP contribution in [0.4, 0.5) is 5.95 Å². The molecule has 6 nitrogen and oxygen atoms in total. The van der Waals surface area contributed by atoms with Gasteiger partial charge in [-0.3, -0.25) is 14.9 Å². The fourth-order valence-electron chi connectivity index (χ4n) is 1.99. The van der Waals surface area contributed by atoms with Crippen LogP contribution in [0.25, 0.3) is 11.0 Å². The Morgan fingerprint density at radius 3 is 2.86 bits per heavy atom. The van der Waals surface area contributed by atoms with Gasteiger partial charge in [-0.15, -0.1) is 0 Å². The Morgan fingerprint density at radius 1 is 1.23 bits per heavy atom. The van der Waals surface area contributed by atoms with Crippen molar-refractivity contribution in [1.29, 1.82) is 0 Å². The molecule has 0 saturated carbocycles. The number of rotatable bonds is 5. The monoisotopic (exact) mass is 314 g/mol. The van der Waals surface area contributed by atoms with E-state index in [0.717, 1.165) is 11.0 Å². The van der Waals surface area contributed by atoms with E-state index in [9.17, 15) is 9.59 Å². The summed E-state index contributed by atoms with van der Waals surface area (Å²) in [6.45, 7) is 0.279. The number of anilines is 1. The smallest absolute Gasteiger partial charge is 0.252 e. The third kappa shape index (κ3) is 3.32. The van der Waals surface area contributed by atoms with Crippen molar-refractivity contribution in [2.75, 3.05) is 11.9 Å². The fourth-order valence-corrected chi connectivity index (χ4v) is 2.63. The normalized spacial score (nSPS) is 10.5. The zero-order valence-electron chi connectivity index (χ0n) is 11.6. The average molecular weight is 314 g/mol. The lowest BCUT2D eigenvalue weighted by Gasteiger charge is -2.04. The van der Waals surface area contributed by atoms with Gasteiger partial charge in [-0.05, 0) is 23.6 Å². The number of benzene rings is 1. The Balaban J connectivity index is 1.49. The number of fused-ring (bicyclic) bond motifs is 1. The summed E-state index contributed by atoms with van der Waals surface area (Å²) in [6, 6.07) is 9.27. The van der Waals surface area contributed by atoms with Gasteiger partial charge >= 0.3 is 0 Å². The van der Waals surface area contributed by atoms with Gasteiger partial charge in [0.25, 0.3) is 5.91 Å². The lowest BCUT2D eigenvalue weighted by atomic mass is 10.3. The molecule has 0 fully saturated rings. The molecule has 2 amide bonds. The molecular formula is C15H14N4O2S. The minimum atomic E-state index is -0.204. The van der Waals surface area contributed by atoms with Crippen LogP contribution in [0.5, 0.6) is 0 Å². The topological polar surface area (TPSA) is 86.9 Å². The number of imidazole rings is 1. The largest absolute Gasteiger partial charge is 0.351 e. The predicted octanol–water partition coefficient (Wildman–Crippen LogP) is 2.38. The summed E-state index contributed by atoms with van der Waals surface area (Å²) in [6.07, 6.45) is 0.187. The number of carbonyl (C=O) groups is 2. The standard InChI is InChI=1S/C15H14N4O2S/c20-13(5-7-16-14(21)10-6-8-22-9-10)19-15-17-11-3-1-2-4-12(11)18-15/h1-4,6,8-9H,5,7H2,(H,16,21)(H2,17,18,19,20). The zero-order chi connectivity index (χ0) is 15.4. The molecular weight excluding hydrogens is 300 g/mol. The summed E-state index contributed by atoms with van der Waals surface area (Å²) in [5, 5.41) is 8.99. The molecule has 0 aliphatic rings. The summed E-state index contributed by atoms with van der Waals surface area (Å²) >= 11 is 1.46. The second-order valence-corrected chi connectivity index (χ2v) is 5.45. The first-order valence-electron chi connectivity index (χ1n) is 6.77. The number of hydrogen-bond donors (Lipinski definition) is 3. The number of H-pyrrole nitrogens is 1. The number of thiophene rings is 1. The van der Waals surface area contributed by atoms with Crippen molar-refractivity contribution < 1.29 is 9.59 Å².